The van der Waals surface area contributed by atoms with Gasteiger partial charge in [-0.2, -0.15) is 0 Å². The van der Waals surface area contributed by atoms with Crippen LogP contribution < -0.4 is 4.74 Å². The number of ketones is 1. The van der Waals surface area contributed by atoms with Gasteiger partial charge in [0.05, 0.1) is 12.2 Å². The Morgan fingerprint density at radius 3 is 2.58 bits per heavy atom. The average Bonchev–Trinajstić information content (AvgIpc) is 2.58. The summed E-state index contributed by atoms with van der Waals surface area (Å²) in [4.78, 5) is 12.8. The molecule has 0 spiro atoms. The zero-order valence-electron chi connectivity index (χ0n) is 14.2. The number of benzene rings is 2. The molecule has 0 aromatic heterocycles. The molecule has 2 aromatic carbocycles. The third-order valence-corrected chi connectivity index (χ3v) is 4.78. The van der Waals surface area contributed by atoms with Gasteiger partial charge in [-0.3, -0.25) is 4.79 Å². The number of hydrogen-bond acceptors (Lipinski definition) is 4. The lowest BCUT2D eigenvalue weighted by Gasteiger charge is -2.14. The van der Waals surface area contributed by atoms with Crippen LogP contribution in [0, 0.1) is 0 Å². The Hall–Kier alpha value is -1.94. The second kappa shape index (κ2) is 9.38. The van der Waals surface area contributed by atoms with Gasteiger partial charge in [-0.25, -0.2) is 0 Å². The summed E-state index contributed by atoms with van der Waals surface area (Å²) in [6.45, 7) is 4.10. The number of hydrogen-bond donors (Lipinski definition) is 1. The molecule has 0 bridgehead atoms. The minimum Gasteiger partial charge on any atom is -0.507 e. The number of carbonyl (C=O) groups excluding carboxylic acids is 1. The van der Waals surface area contributed by atoms with Gasteiger partial charge in [-0.05, 0) is 44.0 Å². The van der Waals surface area contributed by atoms with Crippen LogP contribution in [0.3, 0.4) is 0 Å². The fourth-order valence-electron chi connectivity index (χ4n) is 2.48. The molecule has 0 atom stereocenters. The molecule has 0 saturated heterocycles. The lowest BCUT2D eigenvalue weighted by Crippen LogP contribution is -2.04. The number of aromatic hydroxyl groups is 1. The highest BCUT2D eigenvalue weighted by atomic mass is 32.2. The van der Waals surface area contributed by atoms with Crippen LogP contribution in [0.1, 0.15) is 42.6 Å². The lowest BCUT2D eigenvalue weighted by molar-refractivity contribution is 0.101. The van der Waals surface area contributed by atoms with Crippen LogP contribution in [0.4, 0.5) is 0 Å². The van der Waals surface area contributed by atoms with Crippen molar-refractivity contribution in [1.29, 1.82) is 0 Å². The Bertz CT molecular complexity index is 668. The standard InChI is InChI=1S/C20H24O3S/c1-3-8-18-19(12-11-17(15(2)21)20(18)22)23-13-7-14-24-16-9-5-4-6-10-16/h4-6,9-12,22H,3,7-8,13-14H2,1-2H3. The first kappa shape index (κ1) is 18.4. The smallest absolute Gasteiger partial charge is 0.163 e. The van der Waals surface area contributed by atoms with Crippen LogP contribution >= 0.6 is 11.8 Å². The fraction of sp³-hybridized carbons (Fsp3) is 0.350. The normalized spacial score (nSPS) is 10.6. The molecule has 2 aromatic rings. The van der Waals surface area contributed by atoms with E-state index in [4.69, 9.17) is 4.74 Å². The van der Waals surface area contributed by atoms with E-state index in [-0.39, 0.29) is 11.5 Å². The van der Waals surface area contributed by atoms with Crippen molar-refractivity contribution in [3.63, 3.8) is 0 Å². The molecule has 4 heteroatoms. The zero-order valence-corrected chi connectivity index (χ0v) is 15.1. The van der Waals surface area contributed by atoms with Crippen LogP contribution in [-0.4, -0.2) is 23.2 Å². The molecule has 0 radical (unpaired) electrons. The first-order valence-corrected chi connectivity index (χ1v) is 9.28. The van der Waals surface area contributed by atoms with Gasteiger partial charge in [0, 0.05) is 16.2 Å². The van der Waals surface area contributed by atoms with Gasteiger partial charge < -0.3 is 9.84 Å². The van der Waals surface area contributed by atoms with Crippen molar-refractivity contribution in [3.05, 3.63) is 53.6 Å². The van der Waals surface area contributed by atoms with Crippen LogP contribution in [0.15, 0.2) is 47.4 Å². The highest BCUT2D eigenvalue weighted by molar-refractivity contribution is 7.99. The summed E-state index contributed by atoms with van der Waals surface area (Å²) in [5.41, 5.74) is 1.10. The highest BCUT2D eigenvalue weighted by Gasteiger charge is 2.15. The van der Waals surface area contributed by atoms with Gasteiger partial charge >= 0.3 is 0 Å². The van der Waals surface area contributed by atoms with Crippen molar-refractivity contribution in [1.82, 2.24) is 0 Å². The highest BCUT2D eigenvalue weighted by Crippen LogP contribution is 2.33. The Labute approximate surface area is 148 Å². The van der Waals surface area contributed by atoms with Crippen molar-refractivity contribution in [2.24, 2.45) is 0 Å². The zero-order chi connectivity index (χ0) is 17.4. The molecule has 0 aliphatic carbocycles. The lowest BCUT2D eigenvalue weighted by atomic mass is 10.0. The summed E-state index contributed by atoms with van der Waals surface area (Å²) in [5.74, 6) is 1.60. The number of ether oxygens (including phenoxy) is 1. The minimum absolute atomic E-state index is 0.0699. The van der Waals surface area contributed by atoms with Gasteiger partial charge in [0.25, 0.3) is 0 Å². The molecule has 1 N–H and O–H groups in total. The molecule has 0 amide bonds. The number of phenolic OH excluding ortho intramolecular Hbond substituents is 1. The third-order valence-electron chi connectivity index (χ3n) is 3.68. The maximum atomic E-state index is 11.6. The summed E-state index contributed by atoms with van der Waals surface area (Å²) in [7, 11) is 0. The Morgan fingerprint density at radius 1 is 1.17 bits per heavy atom. The van der Waals surface area contributed by atoms with Gasteiger partial charge in [0.15, 0.2) is 5.78 Å². The van der Waals surface area contributed by atoms with Crippen LogP contribution in [-0.2, 0) is 6.42 Å². The molecule has 24 heavy (non-hydrogen) atoms. The second-order valence-corrected chi connectivity index (χ2v) is 6.78. The monoisotopic (exact) mass is 344 g/mol. The van der Waals surface area contributed by atoms with E-state index in [1.54, 1.807) is 23.9 Å². The Balaban J connectivity index is 1.91. The van der Waals surface area contributed by atoms with E-state index in [1.165, 1.54) is 11.8 Å². The maximum Gasteiger partial charge on any atom is 0.163 e. The topological polar surface area (TPSA) is 46.5 Å². The van der Waals surface area contributed by atoms with E-state index in [0.717, 1.165) is 24.2 Å². The quantitative estimate of drug-likeness (QED) is 0.390. The molecule has 0 unspecified atom stereocenters. The van der Waals surface area contributed by atoms with Gasteiger partial charge in [0.2, 0.25) is 0 Å². The van der Waals surface area contributed by atoms with Crippen molar-refractivity contribution < 1.29 is 14.6 Å². The predicted molar refractivity (Wildman–Crippen MR) is 99.4 cm³/mol. The van der Waals surface area contributed by atoms with E-state index in [0.29, 0.717) is 24.3 Å². The average molecular weight is 344 g/mol. The van der Waals surface area contributed by atoms with E-state index >= 15 is 0 Å². The van der Waals surface area contributed by atoms with Crippen LogP contribution in [0.5, 0.6) is 11.5 Å². The number of phenols is 1. The summed E-state index contributed by atoms with van der Waals surface area (Å²) < 4.78 is 5.86. The summed E-state index contributed by atoms with van der Waals surface area (Å²) in [6, 6.07) is 13.7. The van der Waals surface area contributed by atoms with Gasteiger partial charge in [-0.1, -0.05) is 31.5 Å². The Kier molecular flexibility index (Phi) is 7.19. The third kappa shape index (κ3) is 5.03. The Morgan fingerprint density at radius 2 is 1.92 bits per heavy atom. The molecular formula is C20H24O3S. The van der Waals surface area contributed by atoms with E-state index in [1.807, 2.05) is 25.1 Å². The minimum atomic E-state index is -0.129. The SMILES string of the molecule is CCCc1c(OCCCSc2ccccc2)ccc(C(C)=O)c1O. The summed E-state index contributed by atoms with van der Waals surface area (Å²) >= 11 is 1.81. The van der Waals surface area contributed by atoms with E-state index in [2.05, 4.69) is 12.1 Å². The van der Waals surface area contributed by atoms with Crippen LogP contribution in [0.25, 0.3) is 0 Å². The maximum absolute atomic E-state index is 11.6. The molecule has 0 heterocycles. The van der Waals surface area contributed by atoms with Gasteiger partial charge in [0.1, 0.15) is 11.5 Å². The molecule has 0 aliphatic heterocycles. The van der Waals surface area contributed by atoms with E-state index in [9.17, 15) is 9.90 Å². The van der Waals surface area contributed by atoms with Crippen molar-refractivity contribution >= 4 is 17.5 Å². The number of rotatable bonds is 9. The van der Waals surface area contributed by atoms with Crippen LogP contribution in [0.2, 0.25) is 0 Å². The first-order valence-electron chi connectivity index (χ1n) is 8.30. The fourth-order valence-corrected chi connectivity index (χ4v) is 3.32. The molecule has 0 fully saturated rings. The largest absolute Gasteiger partial charge is 0.507 e. The first-order chi connectivity index (χ1) is 11.6. The predicted octanol–water partition coefficient (Wildman–Crippen LogP) is 5.11. The van der Waals surface area contributed by atoms with Gasteiger partial charge in [-0.15, -0.1) is 11.8 Å². The van der Waals surface area contributed by atoms with Crippen molar-refractivity contribution in [2.75, 3.05) is 12.4 Å². The molecule has 0 saturated carbocycles. The number of thioether (sulfide) groups is 1. The molecule has 0 aliphatic rings. The molecule has 3 nitrogen and oxygen atoms in total. The molecule has 2 rings (SSSR count). The summed E-state index contributed by atoms with van der Waals surface area (Å²) in [6.07, 6.45) is 2.50. The number of Topliss-reactive ketones (excluding diaryl/α,β-unsaturated/α-hetero) is 1. The second-order valence-electron chi connectivity index (χ2n) is 5.61. The van der Waals surface area contributed by atoms with E-state index < -0.39 is 0 Å². The molecule has 128 valence electrons. The summed E-state index contributed by atoms with van der Waals surface area (Å²) in [5, 5.41) is 10.3. The van der Waals surface area contributed by atoms with Crippen molar-refractivity contribution in [2.45, 2.75) is 38.0 Å². The molecular weight excluding hydrogens is 320 g/mol. The van der Waals surface area contributed by atoms with Crippen molar-refractivity contribution in [3.8, 4) is 11.5 Å². The number of carbonyl (C=O) groups is 1.